The fraction of sp³-hybridized carbons (Fsp3) is 0.182. The van der Waals surface area contributed by atoms with Gasteiger partial charge >= 0.3 is 0 Å². The first-order chi connectivity index (χ1) is 7.88. The third-order valence-electron chi connectivity index (χ3n) is 1.69. The first kappa shape index (κ1) is 11.5. The van der Waals surface area contributed by atoms with Crippen LogP contribution in [0.5, 0.6) is 0 Å². The number of carbonyl (C=O) groups excluding carboxylic acids is 1. The summed E-state index contributed by atoms with van der Waals surface area (Å²) in [4.78, 5) is 16.3. The van der Waals surface area contributed by atoms with E-state index in [-0.39, 0.29) is 0 Å². The average Bonchev–Trinajstić information content (AvgIpc) is 2.31. The molecule has 1 aromatic rings. The quantitative estimate of drug-likeness (QED) is 0.144. The van der Waals surface area contributed by atoms with E-state index < -0.39 is 0 Å². The number of aliphatic imine (C=N–C) groups is 1. The van der Waals surface area contributed by atoms with Crippen LogP contribution >= 0.6 is 0 Å². The number of nitrogens with zero attached hydrogens (tertiary/aromatic N) is 4. The van der Waals surface area contributed by atoms with Gasteiger partial charge in [0.25, 0.3) is 0 Å². The Labute approximate surface area is 92.4 Å². The third-order valence-corrected chi connectivity index (χ3v) is 1.69. The van der Waals surface area contributed by atoms with E-state index in [4.69, 9.17) is 5.53 Å². The van der Waals surface area contributed by atoms with Gasteiger partial charge in [0, 0.05) is 17.9 Å². The molecule has 0 aliphatic heterocycles. The second-order valence-corrected chi connectivity index (χ2v) is 2.73. The van der Waals surface area contributed by atoms with Crippen molar-refractivity contribution >= 4 is 11.8 Å². The Morgan fingerprint density at radius 2 is 2.19 bits per heavy atom. The van der Waals surface area contributed by atoms with E-state index in [2.05, 4.69) is 26.9 Å². The number of para-hydroxylation sites is 1. The van der Waals surface area contributed by atoms with E-state index in [0.29, 0.717) is 24.2 Å². The van der Waals surface area contributed by atoms with E-state index in [0.717, 1.165) is 0 Å². The predicted octanol–water partition coefficient (Wildman–Crippen LogP) is 2.71. The van der Waals surface area contributed by atoms with Crippen LogP contribution in [0.15, 0.2) is 34.4 Å². The molecule has 0 aliphatic carbocycles. The van der Waals surface area contributed by atoms with E-state index in [1.165, 1.54) is 6.08 Å². The van der Waals surface area contributed by atoms with Crippen molar-refractivity contribution in [3.05, 3.63) is 40.3 Å². The van der Waals surface area contributed by atoms with Gasteiger partial charge in [-0.2, -0.15) is 4.99 Å². The largest absolute Gasteiger partial charge is 0.240 e. The van der Waals surface area contributed by atoms with E-state index in [9.17, 15) is 4.79 Å². The first-order valence-corrected chi connectivity index (χ1v) is 4.55. The second kappa shape index (κ2) is 6.86. The van der Waals surface area contributed by atoms with Gasteiger partial charge < -0.3 is 0 Å². The van der Waals surface area contributed by atoms with Crippen molar-refractivity contribution in [3.63, 3.8) is 0 Å². The van der Waals surface area contributed by atoms with E-state index in [1.54, 1.807) is 24.3 Å². The molecule has 0 aromatic heterocycles. The summed E-state index contributed by atoms with van der Waals surface area (Å²) in [6.07, 6.45) is 1.95. The lowest BCUT2D eigenvalue weighted by molar-refractivity contribution is 0.565. The summed E-state index contributed by atoms with van der Waals surface area (Å²) in [5.74, 6) is 5.68. The van der Waals surface area contributed by atoms with Crippen molar-refractivity contribution in [1.29, 1.82) is 0 Å². The molecule has 1 aromatic carbocycles. The molecule has 0 amide bonds. The van der Waals surface area contributed by atoms with E-state index >= 15 is 0 Å². The summed E-state index contributed by atoms with van der Waals surface area (Å²) in [5, 5.41) is 3.35. The highest BCUT2D eigenvalue weighted by Crippen LogP contribution is 2.16. The van der Waals surface area contributed by atoms with Crippen LogP contribution in [0.4, 0.5) is 5.69 Å². The topological polar surface area (TPSA) is 78.2 Å². The standard InChI is InChI=1S/C11H8N4O/c12-15-14-8-4-3-6-10-5-1-2-7-11(10)13-9-16/h1-2,5,7H,4,8H2. The highest BCUT2D eigenvalue weighted by atomic mass is 16.1. The number of benzene rings is 1. The van der Waals surface area contributed by atoms with Crippen molar-refractivity contribution in [2.75, 3.05) is 6.54 Å². The van der Waals surface area contributed by atoms with Crippen LogP contribution in [-0.2, 0) is 4.79 Å². The maximum Gasteiger partial charge on any atom is 0.240 e. The minimum Gasteiger partial charge on any atom is -0.211 e. The fourth-order valence-electron chi connectivity index (χ4n) is 1.03. The van der Waals surface area contributed by atoms with Crippen molar-refractivity contribution in [3.8, 4) is 11.8 Å². The summed E-state index contributed by atoms with van der Waals surface area (Å²) >= 11 is 0. The van der Waals surface area contributed by atoms with Gasteiger partial charge in [0.05, 0.1) is 11.3 Å². The predicted molar refractivity (Wildman–Crippen MR) is 59.7 cm³/mol. The minimum atomic E-state index is 0.336. The van der Waals surface area contributed by atoms with Crippen molar-refractivity contribution in [2.45, 2.75) is 6.42 Å². The zero-order valence-corrected chi connectivity index (χ0v) is 8.42. The molecule has 5 nitrogen and oxygen atoms in total. The number of azide groups is 1. The molecule has 78 valence electrons. The Morgan fingerprint density at radius 1 is 1.38 bits per heavy atom. The molecule has 0 unspecified atom stereocenters. The molecule has 0 saturated carbocycles. The van der Waals surface area contributed by atoms with Gasteiger partial charge in [-0.1, -0.05) is 29.1 Å². The smallest absolute Gasteiger partial charge is 0.211 e. The number of isocyanates is 1. The molecule has 5 heteroatoms. The van der Waals surface area contributed by atoms with Crippen molar-refractivity contribution in [2.24, 2.45) is 10.1 Å². The molecule has 0 N–H and O–H groups in total. The molecule has 0 fully saturated rings. The molecule has 0 saturated heterocycles. The highest BCUT2D eigenvalue weighted by molar-refractivity contribution is 5.59. The Hall–Kier alpha value is -2.53. The van der Waals surface area contributed by atoms with Gasteiger partial charge in [-0.25, -0.2) is 4.79 Å². The normalized spacial score (nSPS) is 8.00. The van der Waals surface area contributed by atoms with Crippen LogP contribution in [0, 0.1) is 11.8 Å². The molecule has 0 aliphatic rings. The summed E-state index contributed by atoms with van der Waals surface area (Å²) in [7, 11) is 0. The Morgan fingerprint density at radius 3 is 2.94 bits per heavy atom. The molecular weight excluding hydrogens is 204 g/mol. The molecule has 0 heterocycles. The molecule has 0 bridgehead atoms. The minimum absolute atomic E-state index is 0.336. The maximum atomic E-state index is 10.1. The fourth-order valence-corrected chi connectivity index (χ4v) is 1.03. The molecular formula is C11H8N4O. The van der Waals surface area contributed by atoms with Gasteiger partial charge in [0.1, 0.15) is 0 Å². The monoisotopic (exact) mass is 212 g/mol. The third kappa shape index (κ3) is 3.69. The molecule has 16 heavy (non-hydrogen) atoms. The zero-order valence-electron chi connectivity index (χ0n) is 8.42. The van der Waals surface area contributed by atoms with Crippen LogP contribution in [0.3, 0.4) is 0 Å². The first-order valence-electron chi connectivity index (χ1n) is 4.55. The molecule has 0 atom stereocenters. The van der Waals surface area contributed by atoms with Crippen LogP contribution in [-0.4, -0.2) is 12.6 Å². The zero-order chi connectivity index (χ0) is 11.6. The molecule has 1 rings (SSSR count). The van der Waals surface area contributed by atoms with Gasteiger partial charge in [0.15, 0.2) is 0 Å². The van der Waals surface area contributed by atoms with Crippen molar-refractivity contribution < 1.29 is 4.79 Å². The average molecular weight is 212 g/mol. The second-order valence-electron chi connectivity index (χ2n) is 2.73. The number of rotatable bonds is 3. The highest BCUT2D eigenvalue weighted by Gasteiger charge is 1.94. The van der Waals surface area contributed by atoms with Gasteiger partial charge in [-0.05, 0) is 17.7 Å². The molecule has 0 radical (unpaired) electrons. The number of hydrogen-bond acceptors (Lipinski definition) is 3. The summed E-state index contributed by atoms with van der Waals surface area (Å²) in [6, 6.07) is 7.02. The lowest BCUT2D eigenvalue weighted by atomic mass is 10.2. The van der Waals surface area contributed by atoms with Crippen LogP contribution < -0.4 is 0 Å². The lowest BCUT2D eigenvalue weighted by Crippen LogP contribution is -1.77. The van der Waals surface area contributed by atoms with Gasteiger partial charge in [-0.15, -0.1) is 0 Å². The van der Waals surface area contributed by atoms with E-state index in [1.807, 2.05) is 0 Å². The SMILES string of the molecule is [N-]=[N+]=NCCC#Cc1ccccc1N=C=O. The van der Waals surface area contributed by atoms with Crippen LogP contribution in [0.1, 0.15) is 12.0 Å². The van der Waals surface area contributed by atoms with Gasteiger partial charge in [-0.3, -0.25) is 0 Å². The van der Waals surface area contributed by atoms with Gasteiger partial charge in [0.2, 0.25) is 6.08 Å². The maximum absolute atomic E-state index is 10.1. The summed E-state index contributed by atoms with van der Waals surface area (Å²) < 4.78 is 0. The molecule has 0 spiro atoms. The Balaban J connectivity index is 2.79. The van der Waals surface area contributed by atoms with Crippen LogP contribution in [0.25, 0.3) is 10.4 Å². The van der Waals surface area contributed by atoms with Crippen LogP contribution in [0.2, 0.25) is 0 Å². The summed E-state index contributed by atoms with van der Waals surface area (Å²) in [6.45, 7) is 0.336. The van der Waals surface area contributed by atoms with Crippen molar-refractivity contribution in [1.82, 2.24) is 0 Å². The Kier molecular flexibility index (Phi) is 4.95. The summed E-state index contributed by atoms with van der Waals surface area (Å²) in [5.41, 5.74) is 9.20. The lowest BCUT2D eigenvalue weighted by Gasteiger charge is -1.93. The number of hydrogen-bond donors (Lipinski definition) is 0. The Bertz CT molecular complexity index is 514.